The predicted octanol–water partition coefficient (Wildman–Crippen LogP) is 2.22. The first-order valence-corrected chi connectivity index (χ1v) is 6.63. The minimum Gasteiger partial charge on any atom is -0.384 e. The quantitative estimate of drug-likeness (QED) is 0.886. The van der Waals surface area contributed by atoms with E-state index in [1.165, 1.54) is 16.6 Å². The number of hydrogen-bond donors (Lipinski definition) is 2. The van der Waals surface area contributed by atoms with E-state index in [2.05, 4.69) is 23.3 Å². The van der Waals surface area contributed by atoms with Gasteiger partial charge in [0.1, 0.15) is 5.82 Å². The van der Waals surface area contributed by atoms with Crippen LogP contribution >= 0.6 is 11.3 Å². The number of amides is 1. The SMILES string of the molecule is CCc1ccsc1CNC(=O)c1ccc(N)nc1. The second-order valence-electron chi connectivity index (χ2n) is 3.88. The van der Waals surface area contributed by atoms with Crippen molar-refractivity contribution in [3.05, 3.63) is 45.8 Å². The van der Waals surface area contributed by atoms with Crippen molar-refractivity contribution < 1.29 is 4.79 Å². The summed E-state index contributed by atoms with van der Waals surface area (Å²) in [6.45, 7) is 2.67. The highest BCUT2D eigenvalue weighted by molar-refractivity contribution is 7.10. The molecule has 0 aliphatic carbocycles. The average molecular weight is 261 g/mol. The molecular weight excluding hydrogens is 246 g/mol. The molecule has 0 spiro atoms. The largest absolute Gasteiger partial charge is 0.384 e. The van der Waals surface area contributed by atoms with E-state index in [4.69, 9.17) is 5.73 Å². The molecule has 0 atom stereocenters. The van der Waals surface area contributed by atoms with Crippen LogP contribution in [0.5, 0.6) is 0 Å². The number of nitrogens with one attached hydrogen (secondary N) is 1. The molecule has 0 bridgehead atoms. The second kappa shape index (κ2) is 5.64. The fourth-order valence-electron chi connectivity index (χ4n) is 1.64. The van der Waals surface area contributed by atoms with E-state index in [9.17, 15) is 4.79 Å². The molecule has 2 aromatic rings. The molecule has 0 fully saturated rings. The normalized spacial score (nSPS) is 10.3. The smallest absolute Gasteiger partial charge is 0.253 e. The van der Waals surface area contributed by atoms with Gasteiger partial charge in [-0.15, -0.1) is 11.3 Å². The van der Waals surface area contributed by atoms with Crippen molar-refractivity contribution >= 4 is 23.1 Å². The first-order chi connectivity index (χ1) is 8.70. The van der Waals surface area contributed by atoms with Gasteiger partial charge >= 0.3 is 0 Å². The van der Waals surface area contributed by atoms with E-state index in [0.717, 1.165) is 6.42 Å². The van der Waals surface area contributed by atoms with Gasteiger partial charge in [0.25, 0.3) is 5.91 Å². The molecule has 0 saturated heterocycles. The van der Waals surface area contributed by atoms with Crippen LogP contribution in [0.3, 0.4) is 0 Å². The third-order valence-electron chi connectivity index (χ3n) is 2.68. The zero-order valence-corrected chi connectivity index (χ0v) is 11.0. The summed E-state index contributed by atoms with van der Waals surface area (Å²) in [4.78, 5) is 17.0. The lowest BCUT2D eigenvalue weighted by atomic mass is 10.2. The summed E-state index contributed by atoms with van der Waals surface area (Å²) in [5.74, 6) is 0.288. The Morgan fingerprint density at radius 1 is 1.44 bits per heavy atom. The summed E-state index contributed by atoms with van der Waals surface area (Å²) < 4.78 is 0. The fraction of sp³-hybridized carbons (Fsp3) is 0.231. The monoisotopic (exact) mass is 261 g/mol. The molecule has 5 heteroatoms. The van der Waals surface area contributed by atoms with Gasteiger partial charge in [-0.25, -0.2) is 4.98 Å². The number of carbonyl (C=O) groups excluding carboxylic acids is 1. The molecule has 2 aromatic heterocycles. The van der Waals surface area contributed by atoms with E-state index in [-0.39, 0.29) is 5.91 Å². The Kier molecular flexibility index (Phi) is 3.94. The van der Waals surface area contributed by atoms with Gasteiger partial charge < -0.3 is 11.1 Å². The summed E-state index contributed by atoms with van der Waals surface area (Å²) in [6.07, 6.45) is 2.47. The van der Waals surface area contributed by atoms with Gasteiger partial charge in [-0.1, -0.05) is 6.92 Å². The third kappa shape index (κ3) is 2.87. The van der Waals surface area contributed by atoms with Gasteiger partial charge in [0.05, 0.1) is 12.1 Å². The van der Waals surface area contributed by atoms with Crippen molar-refractivity contribution in [2.24, 2.45) is 0 Å². The number of carbonyl (C=O) groups is 1. The number of nitrogen functional groups attached to an aromatic ring is 1. The molecule has 0 aliphatic heterocycles. The highest BCUT2D eigenvalue weighted by Crippen LogP contribution is 2.17. The first-order valence-electron chi connectivity index (χ1n) is 5.75. The summed E-state index contributed by atoms with van der Waals surface area (Å²) in [5.41, 5.74) is 7.29. The van der Waals surface area contributed by atoms with Crippen molar-refractivity contribution in [2.45, 2.75) is 19.9 Å². The van der Waals surface area contributed by atoms with Crippen LogP contribution in [0.1, 0.15) is 27.7 Å². The molecule has 18 heavy (non-hydrogen) atoms. The van der Waals surface area contributed by atoms with Gasteiger partial charge in [0.2, 0.25) is 0 Å². The molecule has 2 rings (SSSR count). The van der Waals surface area contributed by atoms with Crippen LogP contribution < -0.4 is 11.1 Å². The van der Waals surface area contributed by atoms with Crippen molar-refractivity contribution in [1.82, 2.24) is 10.3 Å². The molecule has 0 aliphatic rings. The minimum atomic E-state index is -0.127. The van der Waals surface area contributed by atoms with E-state index in [1.54, 1.807) is 23.5 Å². The molecule has 4 nitrogen and oxygen atoms in total. The number of rotatable bonds is 4. The van der Waals surface area contributed by atoms with E-state index < -0.39 is 0 Å². The number of aryl methyl sites for hydroxylation is 1. The number of nitrogens with two attached hydrogens (primary N) is 1. The first kappa shape index (κ1) is 12.6. The maximum Gasteiger partial charge on any atom is 0.253 e. The summed E-state index contributed by atoms with van der Waals surface area (Å²) in [7, 11) is 0. The van der Waals surface area contributed by atoms with E-state index in [0.29, 0.717) is 17.9 Å². The Labute approximate surface area is 110 Å². The number of anilines is 1. The predicted molar refractivity (Wildman–Crippen MR) is 73.5 cm³/mol. The number of aromatic nitrogens is 1. The lowest BCUT2D eigenvalue weighted by Crippen LogP contribution is -2.22. The van der Waals surface area contributed by atoms with Crippen molar-refractivity contribution in [3.8, 4) is 0 Å². The lowest BCUT2D eigenvalue weighted by Gasteiger charge is -2.05. The molecule has 94 valence electrons. The minimum absolute atomic E-state index is 0.127. The molecule has 0 unspecified atom stereocenters. The van der Waals surface area contributed by atoms with Crippen molar-refractivity contribution in [1.29, 1.82) is 0 Å². The summed E-state index contributed by atoms with van der Waals surface area (Å²) in [5, 5.41) is 4.93. The summed E-state index contributed by atoms with van der Waals surface area (Å²) in [6, 6.07) is 5.39. The maximum atomic E-state index is 11.9. The van der Waals surface area contributed by atoms with Crippen LogP contribution in [0.25, 0.3) is 0 Å². The topological polar surface area (TPSA) is 68.0 Å². The number of hydrogen-bond acceptors (Lipinski definition) is 4. The maximum absolute atomic E-state index is 11.9. The Morgan fingerprint density at radius 3 is 2.94 bits per heavy atom. The van der Waals surface area contributed by atoms with Crippen molar-refractivity contribution in [2.75, 3.05) is 5.73 Å². The van der Waals surface area contributed by atoms with Crippen LogP contribution in [0.15, 0.2) is 29.8 Å². The van der Waals surface area contributed by atoms with Crippen molar-refractivity contribution in [3.63, 3.8) is 0 Å². The Morgan fingerprint density at radius 2 is 2.28 bits per heavy atom. The van der Waals surface area contributed by atoms with Gasteiger partial charge in [0.15, 0.2) is 0 Å². The van der Waals surface area contributed by atoms with Gasteiger partial charge in [-0.3, -0.25) is 4.79 Å². The van der Waals surface area contributed by atoms with E-state index >= 15 is 0 Å². The number of nitrogens with zero attached hydrogens (tertiary/aromatic N) is 1. The number of thiophene rings is 1. The summed E-state index contributed by atoms with van der Waals surface area (Å²) >= 11 is 1.66. The van der Waals surface area contributed by atoms with Crippen LogP contribution in [0.2, 0.25) is 0 Å². The zero-order valence-electron chi connectivity index (χ0n) is 10.1. The van der Waals surface area contributed by atoms with Crippen LogP contribution in [0.4, 0.5) is 5.82 Å². The highest BCUT2D eigenvalue weighted by Gasteiger charge is 2.07. The van der Waals surface area contributed by atoms with E-state index in [1.807, 2.05) is 5.38 Å². The molecule has 0 aromatic carbocycles. The standard InChI is InChI=1S/C13H15N3OS/c1-2-9-5-6-18-11(9)8-16-13(17)10-3-4-12(14)15-7-10/h3-7H,2,8H2,1H3,(H2,14,15)(H,16,17). The van der Waals surface area contributed by atoms with Crippen LogP contribution in [-0.2, 0) is 13.0 Å². The Balaban J connectivity index is 1.98. The van der Waals surface area contributed by atoms with Crippen LogP contribution in [-0.4, -0.2) is 10.9 Å². The van der Waals surface area contributed by atoms with Crippen LogP contribution in [0, 0.1) is 0 Å². The Hall–Kier alpha value is -1.88. The number of pyridine rings is 1. The lowest BCUT2D eigenvalue weighted by molar-refractivity contribution is 0.0951. The molecule has 0 saturated carbocycles. The fourth-order valence-corrected chi connectivity index (χ4v) is 2.56. The van der Waals surface area contributed by atoms with Gasteiger partial charge in [-0.05, 0) is 35.6 Å². The second-order valence-corrected chi connectivity index (χ2v) is 4.88. The van der Waals surface area contributed by atoms with Gasteiger partial charge in [-0.2, -0.15) is 0 Å². The van der Waals surface area contributed by atoms with Gasteiger partial charge in [0, 0.05) is 11.1 Å². The molecular formula is C13H15N3OS. The Bertz CT molecular complexity index is 533. The zero-order chi connectivity index (χ0) is 13.0. The highest BCUT2D eigenvalue weighted by atomic mass is 32.1. The average Bonchev–Trinajstić information content (AvgIpc) is 2.84. The molecule has 3 N–H and O–H groups in total. The molecule has 1 amide bonds. The molecule has 0 radical (unpaired) electrons. The third-order valence-corrected chi connectivity index (χ3v) is 3.64. The molecule has 2 heterocycles.